The van der Waals surface area contributed by atoms with E-state index in [4.69, 9.17) is 4.74 Å². The summed E-state index contributed by atoms with van der Waals surface area (Å²) in [5, 5.41) is 0. The zero-order valence-corrected chi connectivity index (χ0v) is 11.2. The number of fused-ring (bicyclic) bond motifs is 1. The third-order valence-corrected chi connectivity index (χ3v) is 4.36. The van der Waals surface area contributed by atoms with Crippen LogP contribution in [0.5, 0.6) is 0 Å². The molecule has 0 bridgehead atoms. The maximum absolute atomic E-state index is 11.8. The fourth-order valence-corrected chi connectivity index (χ4v) is 3.48. The van der Waals surface area contributed by atoms with Crippen molar-refractivity contribution >= 4 is 12.0 Å². The number of pyridine rings is 1. The molecule has 0 N–H and O–H groups in total. The molecule has 2 fully saturated rings. The number of aromatic nitrogens is 1. The van der Waals surface area contributed by atoms with Gasteiger partial charge in [-0.05, 0) is 43.9 Å². The molecule has 0 spiro atoms. The highest BCUT2D eigenvalue weighted by atomic mass is 16.6. The molecular formula is C16H19NO2. The summed E-state index contributed by atoms with van der Waals surface area (Å²) in [6.07, 6.45) is 9.39. The second-order valence-electron chi connectivity index (χ2n) is 5.53. The largest absolute Gasteiger partial charge is 0.462 e. The highest BCUT2D eigenvalue weighted by Crippen LogP contribution is 2.43. The molecule has 100 valence electrons. The van der Waals surface area contributed by atoms with E-state index in [2.05, 4.69) is 17.1 Å². The Morgan fingerprint density at radius 2 is 2.26 bits per heavy atom. The van der Waals surface area contributed by atoms with Gasteiger partial charge in [-0.1, -0.05) is 18.6 Å². The first-order valence-corrected chi connectivity index (χ1v) is 7.05. The predicted octanol–water partition coefficient (Wildman–Crippen LogP) is 3.07. The Hall–Kier alpha value is -1.64. The Morgan fingerprint density at radius 3 is 3.05 bits per heavy atom. The highest BCUT2D eigenvalue weighted by Gasteiger charge is 2.47. The van der Waals surface area contributed by atoms with Crippen LogP contribution in [0.3, 0.4) is 0 Å². The molecule has 0 radical (unpaired) electrons. The third-order valence-electron chi connectivity index (χ3n) is 4.36. The number of carbonyl (C=O) groups is 1. The van der Waals surface area contributed by atoms with E-state index in [1.165, 1.54) is 0 Å². The topological polar surface area (TPSA) is 39.2 Å². The molecule has 19 heavy (non-hydrogen) atoms. The van der Waals surface area contributed by atoms with Crippen molar-refractivity contribution < 1.29 is 9.53 Å². The molecule has 1 saturated heterocycles. The van der Waals surface area contributed by atoms with Crippen LogP contribution in [-0.4, -0.2) is 17.1 Å². The Balaban J connectivity index is 1.77. The van der Waals surface area contributed by atoms with Crippen LogP contribution in [0, 0.1) is 17.8 Å². The lowest BCUT2D eigenvalue weighted by Crippen LogP contribution is -2.30. The molecule has 2 heterocycles. The Morgan fingerprint density at radius 1 is 1.37 bits per heavy atom. The standard InChI is InChI=1S/C16H19NO2/c1-11-15-12(5-4-7-14(15)16(18)19-11)8-9-13-6-2-3-10-17-13/h2-3,6,8-12,14-15H,4-5,7H2,1H3/b9-8+. The molecule has 4 unspecified atom stereocenters. The van der Waals surface area contributed by atoms with E-state index in [0.717, 1.165) is 25.0 Å². The number of carbonyl (C=O) groups excluding carboxylic acids is 1. The quantitative estimate of drug-likeness (QED) is 0.764. The number of cyclic esters (lactones) is 1. The number of esters is 1. The number of rotatable bonds is 2. The highest BCUT2D eigenvalue weighted by molar-refractivity contribution is 5.75. The van der Waals surface area contributed by atoms with Gasteiger partial charge in [-0.3, -0.25) is 9.78 Å². The van der Waals surface area contributed by atoms with Crippen molar-refractivity contribution in [2.75, 3.05) is 0 Å². The maximum atomic E-state index is 11.8. The minimum Gasteiger partial charge on any atom is -0.462 e. The fourth-order valence-electron chi connectivity index (χ4n) is 3.48. The summed E-state index contributed by atoms with van der Waals surface area (Å²) in [6, 6.07) is 5.90. The molecule has 3 heteroatoms. The maximum Gasteiger partial charge on any atom is 0.309 e. The van der Waals surface area contributed by atoms with E-state index in [1.54, 1.807) is 6.20 Å². The SMILES string of the molecule is CC1OC(=O)C2CCCC(/C=C/c3ccccn3)C12. The summed E-state index contributed by atoms with van der Waals surface area (Å²) in [5.74, 6) is 0.902. The zero-order chi connectivity index (χ0) is 13.2. The van der Waals surface area contributed by atoms with Crippen molar-refractivity contribution in [3.8, 4) is 0 Å². The van der Waals surface area contributed by atoms with Crippen molar-refractivity contribution in [1.82, 2.24) is 4.98 Å². The van der Waals surface area contributed by atoms with Crippen molar-refractivity contribution in [3.63, 3.8) is 0 Å². The third kappa shape index (κ3) is 2.42. The smallest absolute Gasteiger partial charge is 0.309 e. The van der Waals surface area contributed by atoms with E-state index < -0.39 is 0 Å². The first-order valence-electron chi connectivity index (χ1n) is 7.05. The van der Waals surface area contributed by atoms with E-state index in [1.807, 2.05) is 25.1 Å². The molecule has 1 aliphatic carbocycles. The Bertz CT molecular complexity index is 483. The first-order chi connectivity index (χ1) is 9.25. The molecule has 0 aromatic carbocycles. The van der Waals surface area contributed by atoms with Gasteiger partial charge >= 0.3 is 5.97 Å². The second kappa shape index (κ2) is 5.16. The average Bonchev–Trinajstić information content (AvgIpc) is 2.74. The van der Waals surface area contributed by atoms with Crippen LogP contribution in [-0.2, 0) is 9.53 Å². The number of hydrogen-bond acceptors (Lipinski definition) is 3. The van der Waals surface area contributed by atoms with Crippen LogP contribution in [0.15, 0.2) is 30.5 Å². The number of nitrogens with zero attached hydrogens (tertiary/aromatic N) is 1. The summed E-state index contributed by atoms with van der Waals surface area (Å²) >= 11 is 0. The molecule has 1 aliphatic heterocycles. The Kier molecular flexibility index (Phi) is 3.36. The molecular weight excluding hydrogens is 238 g/mol. The molecule has 3 rings (SSSR count). The first kappa shape index (κ1) is 12.4. The molecule has 1 aromatic heterocycles. The monoisotopic (exact) mass is 257 g/mol. The van der Waals surface area contributed by atoms with Gasteiger partial charge in [-0.2, -0.15) is 0 Å². The van der Waals surface area contributed by atoms with Crippen LogP contribution in [0.25, 0.3) is 6.08 Å². The summed E-state index contributed by atoms with van der Waals surface area (Å²) < 4.78 is 5.40. The molecule has 1 aromatic rings. The molecule has 4 atom stereocenters. The van der Waals surface area contributed by atoms with Gasteiger partial charge < -0.3 is 4.74 Å². The van der Waals surface area contributed by atoms with Crippen LogP contribution in [0.1, 0.15) is 31.9 Å². The number of ether oxygens (including phenoxy) is 1. The van der Waals surface area contributed by atoms with Crippen LogP contribution in [0.2, 0.25) is 0 Å². The number of hydrogen-bond donors (Lipinski definition) is 0. The molecule has 0 amide bonds. The van der Waals surface area contributed by atoms with Gasteiger partial charge in [0.2, 0.25) is 0 Å². The van der Waals surface area contributed by atoms with Gasteiger partial charge in [0, 0.05) is 12.1 Å². The lowest BCUT2D eigenvalue weighted by atomic mass is 9.71. The lowest BCUT2D eigenvalue weighted by molar-refractivity contribution is -0.143. The Labute approximate surface area is 113 Å². The average molecular weight is 257 g/mol. The number of allylic oxidation sites excluding steroid dienone is 1. The van der Waals surface area contributed by atoms with Crippen molar-refractivity contribution in [3.05, 3.63) is 36.2 Å². The van der Waals surface area contributed by atoms with Gasteiger partial charge in [0.1, 0.15) is 6.10 Å². The van der Waals surface area contributed by atoms with Crippen molar-refractivity contribution in [2.45, 2.75) is 32.3 Å². The second-order valence-corrected chi connectivity index (χ2v) is 5.53. The lowest BCUT2D eigenvalue weighted by Gasteiger charge is -2.30. The van der Waals surface area contributed by atoms with Crippen LogP contribution < -0.4 is 0 Å². The van der Waals surface area contributed by atoms with Gasteiger partial charge in [0.05, 0.1) is 11.6 Å². The van der Waals surface area contributed by atoms with Gasteiger partial charge in [-0.25, -0.2) is 0 Å². The van der Waals surface area contributed by atoms with Gasteiger partial charge in [-0.15, -0.1) is 0 Å². The van der Waals surface area contributed by atoms with Crippen LogP contribution in [0.4, 0.5) is 0 Å². The van der Waals surface area contributed by atoms with Crippen molar-refractivity contribution in [2.24, 2.45) is 17.8 Å². The minimum atomic E-state index is 0.00781. The molecule has 2 aliphatic rings. The summed E-state index contributed by atoms with van der Waals surface area (Å²) in [7, 11) is 0. The summed E-state index contributed by atoms with van der Waals surface area (Å²) in [4.78, 5) is 16.1. The van der Waals surface area contributed by atoms with Gasteiger partial charge in [0.15, 0.2) is 0 Å². The van der Waals surface area contributed by atoms with E-state index in [-0.39, 0.29) is 18.0 Å². The van der Waals surface area contributed by atoms with Crippen LogP contribution >= 0.6 is 0 Å². The summed E-state index contributed by atoms with van der Waals surface area (Å²) in [6.45, 7) is 2.02. The molecule has 3 nitrogen and oxygen atoms in total. The minimum absolute atomic E-state index is 0.00781. The zero-order valence-electron chi connectivity index (χ0n) is 11.2. The van der Waals surface area contributed by atoms with Crippen molar-refractivity contribution in [1.29, 1.82) is 0 Å². The predicted molar refractivity (Wildman–Crippen MR) is 73.1 cm³/mol. The van der Waals surface area contributed by atoms with E-state index >= 15 is 0 Å². The molecule has 1 saturated carbocycles. The van der Waals surface area contributed by atoms with Gasteiger partial charge in [0.25, 0.3) is 0 Å². The van der Waals surface area contributed by atoms with E-state index in [0.29, 0.717) is 11.8 Å². The summed E-state index contributed by atoms with van der Waals surface area (Å²) in [5.41, 5.74) is 0.975. The van der Waals surface area contributed by atoms with E-state index in [9.17, 15) is 4.79 Å². The normalized spacial score (nSPS) is 34.3. The fraction of sp³-hybridized carbons (Fsp3) is 0.500.